The third-order valence-corrected chi connectivity index (χ3v) is 7.45. The maximum absolute atomic E-state index is 13.3. The number of thioether (sulfide) groups is 1. The molecule has 1 saturated heterocycles. The molecule has 1 fully saturated rings. The number of carbonyl (C=O) groups is 1. The minimum Gasteiger partial charge on any atom is -0.340 e. The molecule has 0 aliphatic carbocycles. The largest absolute Gasteiger partial charge is 0.340 e. The van der Waals surface area contributed by atoms with E-state index in [0.717, 1.165) is 27.7 Å². The zero-order chi connectivity index (χ0) is 23.8. The lowest BCUT2D eigenvalue weighted by molar-refractivity contribution is -0.113. The second-order valence-corrected chi connectivity index (χ2v) is 9.98. The van der Waals surface area contributed by atoms with Gasteiger partial charge in [-0.2, -0.15) is 5.26 Å². The molecule has 1 aromatic heterocycles. The first-order chi connectivity index (χ1) is 16.5. The molecule has 0 bridgehead atoms. The molecule has 166 valence electrons. The van der Waals surface area contributed by atoms with E-state index >= 15 is 0 Å². The number of carbonyl (C=O) groups excluding carboxylic acids is 1. The molecule has 0 atom stereocenters. The van der Waals surface area contributed by atoms with E-state index in [1.165, 1.54) is 11.8 Å². The Kier molecular flexibility index (Phi) is 6.01. The van der Waals surface area contributed by atoms with Gasteiger partial charge in [0.25, 0.3) is 5.91 Å². The minimum atomic E-state index is -0.150. The molecular weight excluding hydrogens is 482 g/mol. The minimum absolute atomic E-state index is 0.150. The highest BCUT2D eigenvalue weighted by atomic mass is 35.5. The van der Waals surface area contributed by atoms with Crippen molar-refractivity contribution in [3.05, 3.63) is 105 Å². The molecule has 0 spiro atoms. The molecule has 4 aromatic rings. The molecule has 0 unspecified atom stereocenters. The normalized spacial score (nSPS) is 14.9. The van der Waals surface area contributed by atoms with Crippen LogP contribution in [0, 0.1) is 18.3 Å². The molecule has 1 aliphatic rings. The maximum atomic E-state index is 13.3. The van der Waals surface area contributed by atoms with E-state index in [1.807, 2.05) is 49.4 Å². The fraction of sp³-hybridized carbons (Fsp3) is 0.0741. The van der Waals surface area contributed by atoms with Gasteiger partial charge in [-0.05, 0) is 55.0 Å². The molecule has 34 heavy (non-hydrogen) atoms. The van der Waals surface area contributed by atoms with Crippen LogP contribution in [-0.4, -0.2) is 14.8 Å². The van der Waals surface area contributed by atoms with Crippen LogP contribution in [0.1, 0.15) is 22.4 Å². The third-order valence-electron chi connectivity index (χ3n) is 5.90. The quantitative estimate of drug-likeness (QED) is 0.225. The Bertz CT molecular complexity index is 1530. The molecule has 2 heterocycles. The van der Waals surface area contributed by atoms with Crippen molar-refractivity contribution in [2.45, 2.75) is 13.5 Å². The van der Waals surface area contributed by atoms with Gasteiger partial charge in [-0.25, -0.2) is 0 Å². The van der Waals surface area contributed by atoms with Crippen LogP contribution < -0.4 is 4.90 Å². The number of aromatic nitrogens is 1. The van der Waals surface area contributed by atoms with Crippen LogP contribution >= 0.6 is 35.6 Å². The number of fused-ring (bicyclic) bond motifs is 1. The van der Waals surface area contributed by atoms with Gasteiger partial charge in [0.2, 0.25) is 0 Å². The zero-order valence-corrected chi connectivity index (χ0v) is 20.5. The number of hydrogen-bond donors (Lipinski definition) is 0. The number of para-hydroxylation sites is 1. The van der Waals surface area contributed by atoms with Gasteiger partial charge in [0.15, 0.2) is 4.32 Å². The summed E-state index contributed by atoms with van der Waals surface area (Å²) in [5, 5.41) is 11.2. The van der Waals surface area contributed by atoms with Gasteiger partial charge in [0, 0.05) is 33.7 Å². The second-order valence-electron chi connectivity index (χ2n) is 7.86. The molecular formula is C27H18ClN3OS2. The summed E-state index contributed by atoms with van der Waals surface area (Å²) < 4.78 is 2.68. The Balaban J connectivity index is 1.58. The average molecular weight is 500 g/mol. The van der Waals surface area contributed by atoms with Crippen LogP contribution in [-0.2, 0) is 11.3 Å². The summed E-state index contributed by atoms with van der Waals surface area (Å²) in [6.45, 7) is 2.61. The van der Waals surface area contributed by atoms with Crippen molar-refractivity contribution in [1.82, 2.24) is 4.57 Å². The van der Waals surface area contributed by atoms with Crippen molar-refractivity contribution in [3.63, 3.8) is 0 Å². The van der Waals surface area contributed by atoms with Crippen molar-refractivity contribution in [2.75, 3.05) is 4.90 Å². The summed E-state index contributed by atoms with van der Waals surface area (Å²) in [4.78, 5) is 15.4. The molecule has 5 rings (SSSR count). The van der Waals surface area contributed by atoms with Gasteiger partial charge in [0.05, 0.1) is 22.2 Å². The number of benzene rings is 3. The summed E-state index contributed by atoms with van der Waals surface area (Å²) in [5.41, 5.74) is 5.35. The number of hydrogen-bond acceptors (Lipinski definition) is 4. The summed E-state index contributed by atoms with van der Waals surface area (Å²) >= 11 is 12.8. The SMILES string of the molecule is Cc1c(/C=C2/SC(=S)N(c3ccc(Cl)cc3)C2=O)c2ccccc2n1Cc1ccccc1C#N. The van der Waals surface area contributed by atoms with E-state index in [2.05, 4.69) is 22.8 Å². The third kappa shape index (κ3) is 3.92. The lowest BCUT2D eigenvalue weighted by atomic mass is 10.1. The van der Waals surface area contributed by atoms with Crippen LogP contribution in [0.4, 0.5) is 5.69 Å². The van der Waals surface area contributed by atoms with Gasteiger partial charge in [0.1, 0.15) is 0 Å². The second kappa shape index (κ2) is 9.11. The van der Waals surface area contributed by atoms with Gasteiger partial charge in [-0.15, -0.1) is 0 Å². The van der Waals surface area contributed by atoms with Gasteiger partial charge < -0.3 is 4.57 Å². The lowest BCUT2D eigenvalue weighted by Crippen LogP contribution is -2.27. The maximum Gasteiger partial charge on any atom is 0.270 e. The predicted octanol–water partition coefficient (Wildman–Crippen LogP) is 6.93. The Labute approximate surface area is 212 Å². The molecule has 7 heteroatoms. The Morgan fingerprint density at radius 2 is 1.76 bits per heavy atom. The number of anilines is 1. The van der Waals surface area contributed by atoms with E-state index in [0.29, 0.717) is 32.0 Å². The first kappa shape index (κ1) is 22.4. The molecule has 0 N–H and O–H groups in total. The van der Waals surface area contributed by atoms with Gasteiger partial charge in [-0.1, -0.05) is 72.0 Å². The Morgan fingerprint density at radius 3 is 2.53 bits per heavy atom. The van der Waals surface area contributed by atoms with Crippen molar-refractivity contribution in [3.8, 4) is 6.07 Å². The number of thiocarbonyl (C=S) groups is 1. The molecule has 3 aromatic carbocycles. The number of nitrogens with zero attached hydrogens (tertiary/aromatic N) is 3. The number of nitriles is 1. The zero-order valence-electron chi connectivity index (χ0n) is 18.2. The molecule has 1 aliphatic heterocycles. The van der Waals surface area contributed by atoms with E-state index in [-0.39, 0.29) is 5.91 Å². The number of halogens is 1. The van der Waals surface area contributed by atoms with Crippen molar-refractivity contribution in [2.24, 2.45) is 0 Å². The van der Waals surface area contributed by atoms with Crippen LogP contribution in [0.15, 0.2) is 77.7 Å². The Morgan fingerprint density at radius 1 is 1.06 bits per heavy atom. The molecule has 1 amide bonds. The molecule has 0 radical (unpaired) electrons. The van der Waals surface area contributed by atoms with Crippen molar-refractivity contribution >= 4 is 68.5 Å². The topological polar surface area (TPSA) is 49.0 Å². The number of rotatable bonds is 4. The average Bonchev–Trinajstić information content (AvgIpc) is 3.28. The standard InChI is InChI=1S/C27H18ClN3OS2/c1-17-23(14-25-26(32)31(27(33)34-25)21-12-10-20(28)11-13-21)22-8-4-5-9-24(22)30(17)16-19-7-3-2-6-18(19)15-29/h2-14H,16H2,1H3/b25-14+. The highest BCUT2D eigenvalue weighted by Gasteiger charge is 2.33. The first-order valence-electron chi connectivity index (χ1n) is 10.6. The van der Waals surface area contributed by atoms with Gasteiger partial charge >= 0.3 is 0 Å². The summed E-state index contributed by atoms with van der Waals surface area (Å²) in [6, 6.07) is 25.1. The van der Waals surface area contributed by atoms with Gasteiger partial charge in [-0.3, -0.25) is 9.69 Å². The lowest BCUT2D eigenvalue weighted by Gasteiger charge is -2.14. The van der Waals surface area contributed by atoms with Crippen LogP contribution in [0.25, 0.3) is 17.0 Å². The summed E-state index contributed by atoms with van der Waals surface area (Å²) in [7, 11) is 0. The monoisotopic (exact) mass is 499 g/mol. The highest BCUT2D eigenvalue weighted by Crippen LogP contribution is 2.38. The molecule has 4 nitrogen and oxygen atoms in total. The van der Waals surface area contributed by atoms with E-state index in [4.69, 9.17) is 23.8 Å². The number of amides is 1. The van der Waals surface area contributed by atoms with Crippen molar-refractivity contribution in [1.29, 1.82) is 5.26 Å². The van der Waals surface area contributed by atoms with Crippen LogP contribution in [0.3, 0.4) is 0 Å². The fourth-order valence-corrected chi connectivity index (χ4v) is 5.60. The van der Waals surface area contributed by atoms with Crippen molar-refractivity contribution < 1.29 is 4.79 Å². The first-order valence-corrected chi connectivity index (χ1v) is 12.2. The summed E-state index contributed by atoms with van der Waals surface area (Å²) in [6.07, 6.45) is 1.93. The smallest absolute Gasteiger partial charge is 0.270 e. The fourth-order valence-electron chi connectivity index (χ4n) is 4.19. The van der Waals surface area contributed by atoms with Crippen LogP contribution in [0.2, 0.25) is 5.02 Å². The summed E-state index contributed by atoms with van der Waals surface area (Å²) in [5.74, 6) is -0.150. The molecule has 0 saturated carbocycles. The highest BCUT2D eigenvalue weighted by molar-refractivity contribution is 8.27. The predicted molar refractivity (Wildman–Crippen MR) is 144 cm³/mol. The van der Waals surface area contributed by atoms with Crippen LogP contribution in [0.5, 0.6) is 0 Å². The Hall–Kier alpha value is -3.37. The van der Waals surface area contributed by atoms with E-state index < -0.39 is 0 Å². The van der Waals surface area contributed by atoms with E-state index in [1.54, 1.807) is 29.2 Å². The van der Waals surface area contributed by atoms with E-state index in [9.17, 15) is 10.1 Å².